The number of benzene rings is 7. The van der Waals surface area contributed by atoms with Gasteiger partial charge in [0.2, 0.25) is 0 Å². The lowest BCUT2D eigenvalue weighted by Gasteiger charge is -2.14. The number of imidazole rings is 1. The summed E-state index contributed by atoms with van der Waals surface area (Å²) < 4.78 is 4.74. The molecule has 0 radical (unpaired) electrons. The number of hydrogen-bond acceptors (Lipinski definition) is 3. The van der Waals surface area contributed by atoms with Crippen LogP contribution in [0.1, 0.15) is 0 Å². The van der Waals surface area contributed by atoms with Crippen molar-refractivity contribution in [3.05, 3.63) is 176 Å². The van der Waals surface area contributed by atoms with E-state index < -0.39 is 0 Å². The minimum Gasteiger partial charge on any atom is -0.308 e. The molecule has 5 heteroatoms. The van der Waals surface area contributed by atoms with E-state index in [1.807, 2.05) is 12.1 Å². The van der Waals surface area contributed by atoms with E-state index in [1.165, 1.54) is 21.5 Å². The lowest BCUT2D eigenvalue weighted by Crippen LogP contribution is -1.99. The first-order chi connectivity index (χ1) is 25.8. The van der Waals surface area contributed by atoms with Crippen molar-refractivity contribution in [1.82, 2.24) is 23.9 Å². The van der Waals surface area contributed by atoms with Crippen molar-refractivity contribution in [2.75, 3.05) is 0 Å². The quantitative estimate of drug-likeness (QED) is 0.176. The van der Waals surface area contributed by atoms with E-state index in [-0.39, 0.29) is 0 Å². The van der Waals surface area contributed by atoms with Crippen molar-refractivity contribution in [3.63, 3.8) is 0 Å². The molecule has 0 amide bonds. The van der Waals surface area contributed by atoms with Gasteiger partial charge in [-0.2, -0.15) is 0 Å². The van der Waals surface area contributed by atoms with E-state index in [1.54, 1.807) is 0 Å². The highest BCUT2D eigenvalue weighted by molar-refractivity contribution is 6.27. The minimum atomic E-state index is 0.681. The van der Waals surface area contributed by atoms with Gasteiger partial charge in [0, 0.05) is 38.5 Å². The molecule has 0 spiro atoms. The molecule has 0 saturated heterocycles. The summed E-state index contributed by atoms with van der Waals surface area (Å²) in [7, 11) is 0. The minimum absolute atomic E-state index is 0.681. The second-order valence-electron chi connectivity index (χ2n) is 13.3. The molecule has 0 aliphatic heterocycles. The normalized spacial score (nSPS) is 11.8. The van der Waals surface area contributed by atoms with Crippen LogP contribution in [0.5, 0.6) is 0 Å². The maximum Gasteiger partial charge on any atom is 0.160 e. The van der Waals surface area contributed by atoms with Crippen LogP contribution in [-0.4, -0.2) is 23.9 Å². The molecule has 0 atom stereocenters. The van der Waals surface area contributed by atoms with E-state index >= 15 is 0 Å². The second-order valence-corrected chi connectivity index (χ2v) is 13.3. The number of nitrogens with zero attached hydrogens (tertiary/aromatic N) is 5. The van der Waals surface area contributed by atoms with Crippen LogP contribution in [0.2, 0.25) is 0 Å². The van der Waals surface area contributed by atoms with Crippen molar-refractivity contribution in [2.45, 2.75) is 0 Å². The lowest BCUT2D eigenvalue weighted by atomic mass is 10.0. The third-order valence-electron chi connectivity index (χ3n) is 10.3. The number of fused-ring (bicyclic) bond motifs is 12. The molecule has 5 nitrogen and oxygen atoms in total. The van der Waals surface area contributed by atoms with Crippen molar-refractivity contribution < 1.29 is 0 Å². The van der Waals surface area contributed by atoms with Crippen LogP contribution in [-0.2, 0) is 0 Å². The van der Waals surface area contributed by atoms with Gasteiger partial charge in [0.1, 0.15) is 5.65 Å². The van der Waals surface area contributed by atoms with Gasteiger partial charge >= 0.3 is 0 Å². The van der Waals surface area contributed by atoms with Gasteiger partial charge in [-0.15, -0.1) is 0 Å². The molecule has 0 aliphatic carbocycles. The highest BCUT2D eigenvalue weighted by Gasteiger charge is 2.21. The lowest BCUT2D eigenvalue weighted by molar-refractivity contribution is 1.16. The summed E-state index contributed by atoms with van der Waals surface area (Å²) in [5, 5.41) is 5.88. The van der Waals surface area contributed by atoms with E-state index in [2.05, 4.69) is 173 Å². The van der Waals surface area contributed by atoms with Crippen LogP contribution >= 0.6 is 0 Å². The zero-order valence-electron chi connectivity index (χ0n) is 28.0. The fraction of sp³-hybridized carbons (Fsp3) is 0. The maximum absolute atomic E-state index is 5.32. The molecular weight excluding hydrogens is 635 g/mol. The average molecular weight is 664 g/mol. The standard InChI is InChI=1S/C47H29N5/c1-3-14-30(15-4-1)39-29-40(31-16-5-2-6-17-31)49-46(48-39)32-18-13-19-33(28-32)51-41-23-10-8-21-35(41)37-27-26-36-34-20-7-11-24-42(34)52-43-25-12-9-22-38(43)50-47(52)44(36)45(37)51/h1-29H. The predicted molar refractivity (Wildman–Crippen MR) is 214 cm³/mol. The molecule has 242 valence electrons. The molecule has 0 unspecified atom stereocenters. The predicted octanol–water partition coefficient (Wildman–Crippen LogP) is 11.7. The van der Waals surface area contributed by atoms with Crippen molar-refractivity contribution >= 4 is 60.2 Å². The first-order valence-corrected chi connectivity index (χ1v) is 17.5. The molecule has 0 aliphatic rings. The number of hydrogen-bond donors (Lipinski definition) is 0. The summed E-state index contributed by atoms with van der Waals surface area (Å²) in [4.78, 5) is 15.6. The highest BCUT2D eigenvalue weighted by Crippen LogP contribution is 2.42. The largest absolute Gasteiger partial charge is 0.308 e. The average Bonchev–Trinajstić information content (AvgIpc) is 3.78. The Morgan fingerprint density at radius 1 is 0.385 bits per heavy atom. The summed E-state index contributed by atoms with van der Waals surface area (Å²) in [5.74, 6) is 0.681. The summed E-state index contributed by atoms with van der Waals surface area (Å²) in [6.45, 7) is 0. The monoisotopic (exact) mass is 663 g/mol. The Hall–Kier alpha value is -7.11. The molecule has 0 N–H and O–H groups in total. The Bertz CT molecular complexity index is 3120. The van der Waals surface area contributed by atoms with Crippen molar-refractivity contribution in [2.24, 2.45) is 0 Å². The van der Waals surface area contributed by atoms with Crippen LogP contribution in [0.4, 0.5) is 0 Å². The smallest absolute Gasteiger partial charge is 0.160 e. The summed E-state index contributed by atoms with van der Waals surface area (Å²) in [6, 6.07) is 61.8. The molecule has 0 fully saturated rings. The second kappa shape index (κ2) is 11.2. The Morgan fingerprint density at radius 3 is 1.69 bits per heavy atom. The third-order valence-corrected chi connectivity index (χ3v) is 10.3. The Labute approximate surface area is 298 Å². The Morgan fingerprint density at radius 2 is 0.962 bits per heavy atom. The van der Waals surface area contributed by atoms with E-state index in [9.17, 15) is 0 Å². The van der Waals surface area contributed by atoms with E-state index in [0.29, 0.717) is 5.82 Å². The van der Waals surface area contributed by atoms with Gasteiger partial charge in [-0.3, -0.25) is 4.40 Å². The molecular formula is C47H29N5. The zero-order chi connectivity index (χ0) is 34.2. The van der Waals surface area contributed by atoms with Gasteiger partial charge in [0.15, 0.2) is 5.82 Å². The molecule has 11 rings (SSSR count). The Balaban J connectivity index is 1.23. The van der Waals surface area contributed by atoms with Gasteiger partial charge in [-0.1, -0.05) is 133 Å². The summed E-state index contributed by atoms with van der Waals surface area (Å²) in [6.07, 6.45) is 0. The first kappa shape index (κ1) is 28.7. The topological polar surface area (TPSA) is 48.0 Å². The fourth-order valence-electron chi connectivity index (χ4n) is 7.98. The van der Waals surface area contributed by atoms with Crippen molar-refractivity contribution in [1.29, 1.82) is 0 Å². The molecule has 4 heterocycles. The zero-order valence-corrected chi connectivity index (χ0v) is 28.0. The van der Waals surface area contributed by atoms with Crippen molar-refractivity contribution in [3.8, 4) is 39.6 Å². The molecule has 52 heavy (non-hydrogen) atoms. The number of aromatic nitrogens is 5. The van der Waals surface area contributed by atoms with Crippen LogP contribution in [0.25, 0.3) is 99.8 Å². The summed E-state index contributed by atoms with van der Waals surface area (Å²) >= 11 is 0. The van der Waals surface area contributed by atoms with Crippen LogP contribution in [0, 0.1) is 0 Å². The number of para-hydroxylation sites is 4. The molecule has 0 bridgehead atoms. The molecule has 4 aromatic heterocycles. The first-order valence-electron chi connectivity index (χ1n) is 17.5. The number of rotatable bonds is 4. The molecule has 11 aromatic rings. The fourth-order valence-corrected chi connectivity index (χ4v) is 7.98. The van der Waals surface area contributed by atoms with Gasteiger partial charge < -0.3 is 4.57 Å². The Kier molecular flexibility index (Phi) is 6.18. The maximum atomic E-state index is 5.32. The summed E-state index contributed by atoms with van der Waals surface area (Å²) in [5.41, 5.74) is 12.3. The van der Waals surface area contributed by atoms with Gasteiger partial charge in [-0.05, 0) is 47.9 Å². The highest BCUT2D eigenvalue weighted by atomic mass is 15.0. The van der Waals surface area contributed by atoms with Crippen LogP contribution in [0.3, 0.4) is 0 Å². The van der Waals surface area contributed by atoms with E-state index in [4.69, 9.17) is 15.0 Å². The third kappa shape index (κ3) is 4.26. The number of pyridine rings is 1. The molecule has 7 aromatic carbocycles. The molecule has 0 saturated carbocycles. The van der Waals surface area contributed by atoms with Crippen LogP contribution in [0.15, 0.2) is 176 Å². The van der Waals surface area contributed by atoms with Gasteiger partial charge in [0.05, 0.1) is 44.4 Å². The van der Waals surface area contributed by atoms with E-state index in [0.717, 1.165) is 72.4 Å². The van der Waals surface area contributed by atoms with Gasteiger partial charge in [0.25, 0.3) is 0 Å². The van der Waals surface area contributed by atoms with Crippen LogP contribution < -0.4 is 0 Å². The SMILES string of the molecule is c1ccc(-c2cc(-c3ccccc3)nc(-c3cccc(-n4c5ccccc5c5ccc6c7ccccc7n7c8ccccc8nc7c6c54)c3)n2)cc1. The van der Waals surface area contributed by atoms with Gasteiger partial charge in [-0.25, -0.2) is 15.0 Å².